The Morgan fingerprint density at radius 3 is 2.71 bits per heavy atom. The summed E-state index contributed by atoms with van der Waals surface area (Å²) in [5.74, 6) is 2.76. The number of carbonyl (C=O) groups is 1. The molecule has 5 heteroatoms. The number of hydrogen-bond donors (Lipinski definition) is 0. The first-order valence-electron chi connectivity index (χ1n) is 7.33. The minimum atomic E-state index is 0.104. The highest BCUT2D eigenvalue weighted by Crippen LogP contribution is 2.16. The van der Waals surface area contributed by atoms with Crippen molar-refractivity contribution in [2.24, 2.45) is 0 Å². The van der Waals surface area contributed by atoms with E-state index < -0.39 is 0 Å². The van der Waals surface area contributed by atoms with Gasteiger partial charge in [-0.25, -0.2) is 4.98 Å². The predicted molar refractivity (Wildman–Crippen MR) is 80.8 cm³/mol. The third-order valence-corrected chi connectivity index (χ3v) is 3.68. The number of furan rings is 1. The first kappa shape index (κ1) is 15.4. The van der Waals surface area contributed by atoms with Gasteiger partial charge in [-0.2, -0.15) is 0 Å². The molecule has 0 saturated heterocycles. The van der Waals surface area contributed by atoms with Crippen LogP contribution in [0, 0.1) is 13.8 Å². The second-order valence-corrected chi connectivity index (χ2v) is 5.36. The zero-order valence-corrected chi connectivity index (χ0v) is 13.2. The van der Waals surface area contributed by atoms with Crippen molar-refractivity contribution >= 4 is 5.91 Å². The highest BCUT2D eigenvalue weighted by molar-refractivity contribution is 5.76. The van der Waals surface area contributed by atoms with E-state index in [1.165, 1.54) is 0 Å². The average Bonchev–Trinajstić information content (AvgIpc) is 3.04. The fourth-order valence-corrected chi connectivity index (χ4v) is 2.47. The molecule has 2 aromatic rings. The zero-order valence-electron chi connectivity index (χ0n) is 13.2. The second-order valence-electron chi connectivity index (χ2n) is 5.36. The van der Waals surface area contributed by atoms with Gasteiger partial charge in [-0.05, 0) is 39.8 Å². The summed E-state index contributed by atoms with van der Waals surface area (Å²) in [5.41, 5.74) is 0. The van der Waals surface area contributed by atoms with Gasteiger partial charge in [0.25, 0.3) is 0 Å². The Bertz CT molecular complexity index is 600. The van der Waals surface area contributed by atoms with Crippen LogP contribution in [0.5, 0.6) is 0 Å². The number of amides is 1. The number of imidazole rings is 1. The van der Waals surface area contributed by atoms with Crippen molar-refractivity contribution in [3.63, 3.8) is 0 Å². The Morgan fingerprint density at radius 1 is 1.43 bits per heavy atom. The van der Waals surface area contributed by atoms with Gasteiger partial charge in [0.05, 0.1) is 6.54 Å². The first-order valence-corrected chi connectivity index (χ1v) is 7.33. The highest BCUT2D eigenvalue weighted by Gasteiger charge is 2.18. The van der Waals surface area contributed by atoms with E-state index in [-0.39, 0.29) is 11.9 Å². The lowest BCUT2D eigenvalue weighted by Gasteiger charge is -2.22. The highest BCUT2D eigenvalue weighted by atomic mass is 16.3. The van der Waals surface area contributed by atoms with E-state index in [9.17, 15) is 4.79 Å². The van der Waals surface area contributed by atoms with E-state index in [1.807, 2.05) is 55.5 Å². The Morgan fingerprint density at radius 2 is 2.19 bits per heavy atom. The molecule has 0 N–H and O–H groups in total. The summed E-state index contributed by atoms with van der Waals surface area (Å²) in [5, 5.41) is 0. The largest absolute Gasteiger partial charge is 0.464 e. The number of aryl methyl sites for hydroxylation is 2. The van der Waals surface area contributed by atoms with E-state index in [1.54, 1.807) is 6.20 Å². The molecule has 2 aromatic heterocycles. The Hall–Kier alpha value is -2.04. The quantitative estimate of drug-likeness (QED) is 0.821. The van der Waals surface area contributed by atoms with Crippen LogP contribution in [0.2, 0.25) is 0 Å². The Labute approximate surface area is 125 Å². The molecule has 21 heavy (non-hydrogen) atoms. The molecule has 5 nitrogen and oxygen atoms in total. The maximum absolute atomic E-state index is 12.5. The van der Waals surface area contributed by atoms with Crippen LogP contribution in [0.3, 0.4) is 0 Å². The van der Waals surface area contributed by atoms with Crippen LogP contribution >= 0.6 is 0 Å². The van der Waals surface area contributed by atoms with Crippen LogP contribution in [-0.4, -0.2) is 26.9 Å². The van der Waals surface area contributed by atoms with Gasteiger partial charge in [-0.1, -0.05) is 0 Å². The molecular formula is C16H23N3O2. The monoisotopic (exact) mass is 289 g/mol. The average molecular weight is 289 g/mol. The van der Waals surface area contributed by atoms with Crippen molar-refractivity contribution in [2.45, 2.75) is 46.7 Å². The van der Waals surface area contributed by atoms with Crippen molar-refractivity contribution in [3.8, 4) is 0 Å². The maximum atomic E-state index is 12.5. The lowest BCUT2D eigenvalue weighted by Crippen LogP contribution is -2.31. The van der Waals surface area contributed by atoms with Crippen LogP contribution in [0.1, 0.15) is 43.7 Å². The summed E-state index contributed by atoms with van der Waals surface area (Å²) in [6.45, 7) is 9.08. The minimum Gasteiger partial charge on any atom is -0.464 e. The van der Waals surface area contributed by atoms with Crippen molar-refractivity contribution < 1.29 is 9.21 Å². The van der Waals surface area contributed by atoms with Gasteiger partial charge in [0.2, 0.25) is 5.91 Å². The second kappa shape index (κ2) is 6.61. The molecule has 0 aliphatic carbocycles. The van der Waals surface area contributed by atoms with E-state index >= 15 is 0 Å². The molecule has 0 saturated carbocycles. The molecule has 114 valence electrons. The summed E-state index contributed by atoms with van der Waals surface area (Å²) < 4.78 is 7.58. The molecule has 0 spiro atoms. The van der Waals surface area contributed by atoms with Crippen LogP contribution in [0.15, 0.2) is 28.9 Å². The zero-order chi connectivity index (χ0) is 15.4. The Kier molecular flexibility index (Phi) is 4.83. The molecule has 0 aliphatic rings. The molecule has 0 radical (unpaired) electrons. The minimum absolute atomic E-state index is 0.104. The van der Waals surface area contributed by atoms with Crippen LogP contribution in [0.25, 0.3) is 0 Å². The molecule has 1 unspecified atom stereocenters. The topological polar surface area (TPSA) is 51.3 Å². The molecule has 1 atom stereocenters. The Balaban J connectivity index is 1.98. The number of hydrogen-bond acceptors (Lipinski definition) is 3. The normalized spacial score (nSPS) is 12.4. The van der Waals surface area contributed by atoms with Gasteiger partial charge in [-0.3, -0.25) is 4.79 Å². The predicted octanol–water partition coefficient (Wildman–Crippen LogP) is 3.09. The molecule has 0 fully saturated rings. The van der Waals surface area contributed by atoms with Crippen LogP contribution in [0.4, 0.5) is 0 Å². The van der Waals surface area contributed by atoms with E-state index in [2.05, 4.69) is 4.98 Å². The molecule has 0 aromatic carbocycles. The number of nitrogens with zero attached hydrogens (tertiary/aromatic N) is 3. The molecule has 0 bridgehead atoms. The van der Waals surface area contributed by atoms with Crippen molar-refractivity contribution in [2.75, 3.05) is 6.54 Å². The third-order valence-electron chi connectivity index (χ3n) is 3.68. The van der Waals surface area contributed by atoms with E-state index in [4.69, 9.17) is 4.42 Å². The summed E-state index contributed by atoms with van der Waals surface area (Å²) >= 11 is 0. The number of carbonyl (C=O) groups excluding carboxylic acids is 1. The summed E-state index contributed by atoms with van der Waals surface area (Å²) in [6.07, 6.45) is 4.14. The molecule has 0 aliphatic heterocycles. The van der Waals surface area contributed by atoms with Crippen LogP contribution < -0.4 is 0 Å². The smallest absolute Gasteiger partial charge is 0.225 e. The van der Waals surface area contributed by atoms with Gasteiger partial charge in [0.15, 0.2) is 0 Å². The number of aromatic nitrogens is 2. The van der Waals surface area contributed by atoms with E-state index in [0.717, 1.165) is 17.3 Å². The van der Waals surface area contributed by atoms with Gasteiger partial charge in [-0.15, -0.1) is 0 Å². The van der Waals surface area contributed by atoms with Gasteiger partial charge in [0, 0.05) is 31.4 Å². The standard InChI is InChI=1S/C16H23N3O2/c1-5-18(11-15-7-6-13(3)21-15)16(20)10-12(2)19-9-8-17-14(19)4/h6-9,12H,5,10-11H2,1-4H3. The van der Waals surface area contributed by atoms with E-state index in [0.29, 0.717) is 19.5 Å². The van der Waals surface area contributed by atoms with Gasteiger partial charge >= 0.3 is 0 Å². The third kappa shape index (κ3) is 3.74. The van der Waals surface area contributed by atoms with Crippen molar-refractivity contribution in [3.05, 3.63) is 41.9 Å². The molecular weight excluding hydrogens is 266 g/mol. The molecule has 2 rings (SSSR count). The molecule has 1 amide bonds. The first-order chi connectivity index (χ1) is 10.0. The summed E-state index contributed by atoms with van der Waals surface area (Å²) in [6, 6.07) is 3.95. The lowest BCUT2D eigenvalue weighted by molar-refractivity contribution is -0.132. The van der Waals surface area contributed by atoms with Crippen molar-refractivity contribution in [1.29, 1.82) is 0 Å². The maximum Gasteiger partial charge on any atom is 0.225 e. The SMILES string of the molecule is CCN(Cc1ccc(C)o1)C(=O)CC(C)n1ccnc1C. The van der Waals surface area contributed by atoms with Gasteiger partial charge in [0.1, 0.15) is 17.3 Å². The number of rotatable bonds is 6. The van der Waals surface area contributed by atoms with Crippen LogP contribution in [-0.2, 0) is 11.3 Å². The van der Waals surface area contributed by atoms with Gasteiger partial charge < -0.3 is 13.9 Å². The van der Waals surface area contributed by atoms with Crippen molar-refractivity contribution in [1.82, 2.24) is 14.5 Å². The fraction of sp³-hybridized carbons (Fsp3) is 0.500. The fourth-order valence-electron chi connectivity index (χ4n) is 2.47. The molecule has 2 heterocycles. The lowest BCUT2D eigenvalue weighted by atomic mass is 10.2. The summed E-state index contributed by atoms with van der Waals surface area (Å²) in [7, 11) is 0. The summed E-state index contributed by atoms with van der Waals surface area (Å²) in [4.78, 5) is 18.5.